The maximum Gasteiger partial charge on any atom is 0.122 e. The lowest BCUT2D eigenvalue weighted by molar-refractivity contribution is 1.12. The fourth-order valence-electron chi connectivity index (χ4n) is 3.84. The fourth-order valence-corrected chi connectivity index (χ4v) is 4.45. The summed E-state index contributed by atoms with van der Waals surface area (Å²) in [4.78, 5) is 0.215. The Morgan fingerprint density at radius 3 is 1.42 bits per heavy atom. The third-order valence-electron chi connectivity index (χ3n) is 5.58. The highest BCUT2D eigenvalue weighted by atomic mass is 79.9. The number of benzene rings is 4. The van der Waals surface area contributed by atoms with E-state index in [1.165, 1.54) is 33.4 Å². The average molecular weight is 464 g/mol. The van der Waals surface area contributed by atoms with Gasteiger partial charge < -0.3 is 0 Å². The summed E-state index contributed by atoms with van der Waals surface area (Å²) in [6, 6.07) is 38.7. The summed E-state index contributed by atoms with van der Waals surface area (Å²) >= 11 is 3.81. The van der Waals surface area contributed by atoms with Gasteiger partial charge in [0.05, 0.1) is 4.83 Å². The molecule has 2 unspecified atom stereocenters. The van der Waals surface area contributed by atoms with Crippen molar-refractivity contribution in [3.8, 4) is 0 Å². The van der Waals surface area contributed by atoms with Crippen LogP contribution in [-0.4, -0.2) is 7.28 Å². The lowest BCUT2D eigenvalue weighted by Crippen LogP contribution is -2.06. The van der Waals surface area contributed by atoms with Crippen LogP contribution >= 0.6 is 15.9 Å². The molecule has 0 aliphatic rings. The minimum absolute atomic E-state index is 0.215. The van der Waals surface area contributed by atoms with E-state index in [0.29, 0.717) is 5.82 Å². The average Bonchev–Trinajstić information content (AvgIpc) is 2.85. The summed E-state index contributed by atoms with van der Waals surface area (Å²) in [5.41, 5.74) is 7.58. The van der Waals surface area contributed by atoms with E-state index in [1.807, 2.05) is 6.07 Å². The first kappa shape index (κ1) is 21.4. The first-order valence-electron chi connectivity index (χ1n) is 10.7. The molecule has 0 spiro atoms. The lowest BCUT2D eigenvalue weighted by atomic mass is 9.61. The van der Waals surface area contributed by atoms with Gasteiger partial charge in [-0.2, -0.15) is 0 Å². The second-order valence-corrected chi connectivity index (χ2v) is 8.58. The molecule has 151 valence electrons. The van der Waals surface area contributed by atoms with Crippen molar-refractivity contribution < 1.29 is 0 Å². The summed E-state index contributed by atoms with van der Waals surface area (Å²) in [7, 11) is 2.26. The van der Waals surface area contributed by atoms with Gasteiger partial charge in [-0.05, 0) is 39.2 Å². The van der Waals surface area contributed by atoms with E-state index in [4.69, 9.17) is 0 Å². The van der Waals surface area contributed by atoms with Crippen LogP contribution in [-0.2, 0) is 0 Å². The van der Waals surface area contributed by atoms with Gasteiger partial charge >= 0.3 is 0 Å². The van der Waals surface area contributed by atoms with Crippen LogP contribution in [0, 0.1) is 0 Å². The highest BCUT2D eigenvalue weighted by Crippen LogP contribution is 2.30. The maximum absolute atomic E-state index is 3.81. The summed E-state index contributed by atoms with van der Waals surface area (Å²) in [6.07, 6.45) is 4.35. The van der Waals surface area contributed by atoms with Gasteiger partial charge in [-0.3, -0.25) is 0 Å². The quantitative estimate of drug-likeness (QED) is 0.147. The van der Waals surface area contributed by atoms with Crippen molar-refractivity contribution in [3.05, 3.63) is 143 Å². The monoisotopic (exact) mass is 463 g/mol. The minimum atomic E-state index is 0.215. The predicted molar refractivity (Wildman–Crippen MR) is 139 cm³/mol. The molecule has 0 heterocycles. The van der Waals surface area contributed by atoms with E-state index in [9.17, 15) is 0 Å². The molecular formula is C29H25BBr. The van der Waals surface area contributed by atoms with Crippen LogP contribution in [0.2, 0.25) is 6.82 Å². The van der Waals surface area contributed by atoms with Crippen molar-refractivity contribution in [2.24, 2.45) is 0 Å². The first-order chi connectivity index (χ1) is 15.2. The molecule has 0 saturated carbocycles. The van der Waals surface area contributed by atoms with Crippen LogP contribution in [0.5, 0.6) is 0 Å². The number of rotatable bonds is 7. The Hall–Kier alpha value is -2.84. The van der Waals surface area contributed by atoms with E-state index >= 15 is 0 Å². The zero-order valence-corrected chi connectivity index (χ0v) is 19.2. The van der Waals surface area contributed by atoms with Gasteiger partial charge in [-0.1, -0.05) is 144 Å². The number of hydrogen-bond donors (Lipinski definition) is 0. The molecular weight excluding hydrogens is 439 g/mol. The van der Waals surface area contributed by atoms with E-state index in [-0.39, 0.29) is 4.83 Å². The van der Waals surface area contributed by atoms with E-state index in [0.717, 1.165) is 0 Å². The maximum atomic E-state index is 3.81. The standard InChI is InChI=1S/C29H25BBr/c1-30-28(24-8-4-2-5-9-24)25-18-14-22(15-19-25)12-13-23-16-20-27(21-17-23)29(31)26-10-6-3-7-11-26/h2-21,28-29H,1H3/b13-12+. The molecule has 4 aromatic rings. The molecule has 0 aliphatic heterocycles. The first-order valence-corrected chi connectivity index (χ1v) is 11.6. The van der Waals surface area contributed by atoms with Crippen molar-refractivity contribution >= 4 is 35.4 Å². The van der Waals surface area contributed by atoms with Gasteiger partial charge in [0.15, 0.2) is 0 Å². The predicted octanol–water partition coefficient (Wildman–Crippen LogP) is 8.18. The third kappa shape index (κ3) is 5.45. The zero-order valence-electron chi connectivity index (χ0n) is 17.7. The Morgan fingerprint density at radius 2 is 0.935 bits per heavy atom. The molecule has 0 N–H and O–H groups in total. The Labute approximate surface area is 195 Å². The molecule has 4 rings (SSSR count). The van der Waals surface area contributed by atoms with Gasteiger partial charge in [-0.15, -0.1) is 0 Å². The molecule has 4 aromatic carbocycles. The van der Waals surface area contributed by atoms with Crippen LogP contribution in [0.25, 0.3) is 12.2 Å². The normalized spacial score (nSPS) is 13.1. The Balaban J connectivity index is 1.44. The SMILES string of the molecule is C[B]C(c1ccccc1)c1ccc(/C=C/c2ccc(C(Br)c3ccccc3)cc2)cc1. The number of hydrogen-bond acceptors (Lipinski definition) is 0. The van der Waals surface area contributed by atoms with Crippen molar-refractivity contribution in [1.29, 1.82) is 0 Å². The van der Waals surface area contributed by atoms with Crippen molar-refractivity contribution in [2.75, 3.05) is 0 Å². The summed E-state index contributed by atoms with van der Waals surface area (Å²) in [5.74, 6) is 0.327. The Morgan fingerprint density at radius 1 is 0.548 bits per heavy atom. The lowest BCUT2D eigenvalue weighted by Gasteiger charge is -2.15. The van der Waals surface area contributed by atoms with Crippen LogP contribution < -0.4 is 0 Å². The minimum Gasteiger partial charge on any atom is -0.0910 e. The molecule has 2 heteroatoms. The van der Waals surface area contributed by atoms with Crippen LogP contribution in [0.15, 0.2) is 109 Å². The van der Waals surface area contributed by atoms with E-state index < -0.39 is 0 Å². The molecule has 0 saturated heterocycles. The van der Waals surface area contributed by atoms with Crippen LogP contribution in [0.3, 0.4) is 0 Å². The van der Waals surface area contributed by atoms with Gasteiger partial charge in [0.1, 0.15) is 7.28 Å². The molecule has 2 atom stereocenters. The van der Waals surface area contributed by atoms with Crippen molar-refractivity contribution in [3.63, 3.8) is 0 Å². The zero-order chi connectivity index (χ0) is 21.5. The largest absolute Gasteiger partial charge is 0.122 e. The molecule has 0 aromatic heterocycles. The smallest absolute Gasteiger partial charge is 0.0910 e. The fraction of sp³-hybridized carbons (Fsp3) is 0.103. The van der Waals surface area contributed by atoms with E-state index in [1.54, 1.807) is 0 Å². The van der Waals surface area contributed by atoms with Crippen LogP contribution in [0.4, 0.5) is 0 Å². The highest BCUT2D eigenvalue weighted by Gasteiger charge is 2.12. The third-order valence-corrected chi connectivity index (χ3v) is 6.63. The Bertz CT molecular complexity index is 1100. The number of halogens is 1. The summed E-state index contributed by atoms with van der Waals surface area (Å²) in [5, 5.41) is 0. The second-order valence-electron chi connectivity index (χ2n) is 7.66. The molecule has 0 aliphatic carbocycles. The van der Waals surface area contributed by atoms with Crippen molar-refractivity contribution in [2.45, 2.75) is 17.5 Å². The van der Waals surface area contributed by atoms with Crippen molar-refractivity contribution in [1.82, 2.24) is 0 Å². The van der Waals surface area contributed by atoms with Gasteiger partial charge in [0.2, 0.25) is 0 Å². The van der Waals surface area contributed by atoms with Gasteiger partial charge in [0.25, 0.3) is 0 Å². The summed E-state index contributed by atoms with van der Waals surface area (Å²) < 4.78 is 0. The topological polar surface area (TPSA) is 0 Å². The Kier molecular flexibility index (Phi) is 7.22. The number of alkyl halides is 1. The molecule has 0 bridgehead atoms. The second kappa shape index (κ2) is 10.5. The molecule has 31 heavy (non-hydrogen) atoms. The van der Waals surface area contributed by atoms with Gasteiger partial charge in [0, 0.05) is 0 Å². The highest BCUT2D eigenvalue weighted by molar-refractivity contribution is 9.09. The molecule has 0 amide bonds. The van der Waals surface area contributed by atoms with Crippen LogP contribution in [0.1, 0.15) is 44.0 Å². The van der Waals surface area contributed by atoms with Gasteiger partial charge in [-0.25, -0.2) is 0 Å². The van der Waals surface area contributed by atoms with E-state index in [2.05, 4.69) is 145 Å². The molecule has 0 fully saturated rings. The summed E-state index contributed by atoms with van der Waals surface area (Å²) in [6.45, 7) is 2.13. The molecule has 1 radical (unpaired) electrons. The molecule has 0 nitrogen and oxygen atoms in total.